The van der Waals surface area contributed by atoms with Crippen molar-refractivity contribution in [1.29, 1.82) is 0 Å². The predicted molar refractivity (Wildman–Crippen MR) is 139 cm³/mol. The van der Waals surface area contributed by atoms with Gasteiger partial charge in [-0.1, -0.05) is 49.0 Å². The van der Waals surface area contributed by atoms with E-state index in [0.29, 0.717) is 11.8 Å². The van der Waals surface area contributed by atoms with Crippen molar-refractivity contribution in [2.24, 2.45) is 5.10 Å². The molecule has 10 heteroatoms. The Hall–Kier alpha value is -1.48. The molecule has 2 rings (SSSR count). The number of aryl methyl sites for hydroxylation is 1. The van der Waals surface area contributed by atoms with Gasteiger partial charge in [-0.2, -0.15) is 5.10 Å². The van der Waals surface area contributed by atoms with Crippen LogP contribution in [0.5, 0.6) is 0 Å². The minimum absolute atomic E-state index is 0.185. The minimum Gasteiger partial charge on any atom is -0.369 e. The molecule has 2 aromatic rings. The van der Waals surface area contributed by atoms with Crippen LogP contribution in [-0.4, -0.2) is 58.4 Å². The second-order valence-electron chi connectivity index (χ2n) is 6.87. The number of alkyl halides is 2. The summed E-state index contributed by atoms with van der Waals surface area (Å²) in [5, 5.41) is 5.61. The van der Waals surface area contributed by atoms with Crippen LogP contribution < -0.4 is 10.3 Å². The molecule has 1 aromatic heterocycles. The quantitative estimate of drug-likeness (QED) is 0.0711. The van der Waals surface area contributed by atoms with Crippen molar-refractivity contribution >= 4 is 64.5 Å². The molecule has 1 aromatic carbocycles. The first kappa shape index (κ1) is 26.8. The third-order valence-corrected chi connectivity index (χ3v) is 6.44. The van der Waals surface area contributed by atoms with Gasteiger partial charge in [0.25, 0.3) is 0 Å². The van der Waals surface area contributed by atoms with Crippen molar-refractivity contribution in [3.05, 3.63) is 41.6 Å². The highest BCUT2D eigenvalue weighted by Crippen LogP contribution is 2.21. The fraction of sp³-hybridized carbons (Fsp3) is 0.455. The largest absolute Gasteiger partial charge is 0.369 e. The molecule has 0 aliphatic carbocycles. The Morgan fingerprint density at radius 3 is 2.53 bits per heavy atom. The fourth-order valence-electron chi connectivity index (χ4n) is 2.66. The molecular weight excluding hydrogens is 485 g/mol. The molecule has 1 amide bonds. The lowest BCUT2D eigenvalue weighted by Crippen LogP contribution is -2.27. The predicted octanol–water partition coefficient (Wildman–Crippen LogP) is 5.20. The highest BCUT2D eigenvalue weighted by atomic mass is 35.5. The van der Waals surface area contributed by atoms with Gasteiger partial charge in [-0.05, 0) is 37.1 Å². The van der Waals surface area contributed by atoms with E-state index in [0.717, 1.165) is 58.8 Å². The van der Waals surface area contributed by atoms with E-state index in [4.69, 9.17) is 23.2 Å². The number of benzene rings is 1. The first-order valence-corrected chi connectivity index (χ1v) is 13.5. The number of thioether (sulfide) groups is 2. The molecule has 32 heavy (non-hydrogen) atoms. The molecule has 0 spiro atoms. The van der Waals surface area contributed by atoms with Gasteiger partial charge < -0.3 is 4.90 Å². The van der Waals surface area contributed by atoms with Crippen LogP contribution in [0, 0.1) is 6.92 Å². The maximum Gasteiger partial charge on any atom is 0.250 e. The van der Waals surface area contributed by atoms with Crippen molar-refractivity contribution < 1.29 is 4.79 Å². The molecule has 0 aliphatic rings. The zero-order chi connectivity index (χ0) is 23.2. The van der Waals surface area contributed by atoms with Crippen molar-refractivity contribution in [3.63, 3.8) is 0 Å². The Morgan fingerprint density at radius 1 is 1.16 bits per heavy atom. The van der Waals surface area contributed by atoms with E-state index in [1.165, 1.54) is 11.8 Å². The van der Waals surface area contributed by atoms with E-state index < -0.39 is 0 Å². The standard InChI is InChI=1S/C22H29Cl2N5OS2/c1-3-4-13-31-22-26-17(2)14-21(27-22)32-16-20(30)28-25-15-18-5-7-19(8-6-18)29(11-9-23)12-10-24/h5-8,14-15H,3-4,9-13,16H2,1-2H3,(H,28,30)/b25-15+. The Morgan fingerprint density at radius 2 is 1.88 bits per heavy atom. The lowest BCUT2D eigenvalue weighted by Gasteiger charge is -2.22. The average Bonchev–Trinajstić information content (AvgIpc) is 2.78. The molecule has 174 valence electrons. The monoisotopic (exact) mass is 513 g/mol. The summed E-state index contributed by atoms with van der Waals surface area (Å²) in [4.78, 5) is 23.3. The van der Waals surface area contributed by atoms with E-state index in [2.05, 4.69) is 32.3 Å². The molecule has 0 atom stereocenters. The van der Waals surface area contributed by atoms with Crippen molar-refractivity contribution in [3.8, 4) is 0 Å². The van der Waals surface area contributed by atoms with E-state index in [1.54, 1.807) is 18.0 Å². The maximum atomic E-state index is 12.1. The van der Waals surface area contributed by atoms with E-state index in [1.807, 2.05) is 37.3 Å². The molecule has 0 saturated heterocycles. The fourth-order valence-corrected chi connectivity index (χ4v) is 4.86. The van der Waals surface area contributed by atoms with Gasteiger partial charge in [-0.3, -0.25) is 4.79 Å². The summed E-state index contributed by atoms with van der Waals surface area (Å²) in [5.74, 6) is 2.12. The second-order valence-corrected chi connectivity index (χ2v) is 9.68. The van der Waals surface area contributed by atoms with Crippen LogP contribution in [0.1, 0.15) is 31.0 Å². The normalized spacial score (nSPS) is 11.1. The molecule has 6 nitrogen and oxygen atoms in total. The van der Waals surface area contributed by atoms with E-state index >= 15 is 0 Å². The molecule has 1 N–H and O–H groups in total. The first-order chi connectivity index (χ1) is 15.5. The number of hydrogen-bond acceptors (Lipinski definition) is 7. The number of carbonyl (C=O) groups is 1. The number of hydrogen-bond donors (Lipinski definition) is 1. The van der Waals surface area contributed by atoms with Gasteiger partial charge in [0.2, 0.25) is 5.91 Å². The van der Waals surface area contributed by atoms with Gasteiger partial charge in [0.1, 0.15) is 5.03 Å². The molecule has 0 unspecified atom stereocenters. The third kappa shape index (κ3) is 9.98. The van der Waals surface area contributed by atoms with Crippen LogP contribution in [0.3, 0.4) is 0 Å². The SMILES string of the molecule is CCCCSc1nc(C)cc(SCC(=O)N/N=C/c2ccc(N(CCCl)CCCl)cc2)n1. The van der Waals surface area contributed by atoms with Gasteiger partial charge in [-0.25, -0.2) is 15.4 Å². The summed E-state index contributed by atoms with van der Waals surface area (Å²) in [7, 11) is 0. The summed E-state index contributed by atoms with van der Waals surface area (Å²) in [6.45, 7) is 5.57. The number of carbonyl (C=O) groups excluding carboxylic acids is 1. The average molecular weight is 515 g/mol. The summed E-state index contributed by atoms with van der Waals surface area (Å²) >= 11 is 14.8. The minimum atomic E-state index is -0.185. The lowest BCUT2D eigenvalue weighted by molar-refractivity contribution is -0.118. The number of hydrazone groups is 1. The summed E-state index contributed by atoms with van der Waals surface area (Å²) < 4.78 is 0. The molecule has 0 aliphatic heterocycles. The number of rotatable bonds is 14. The number of unbranched alkanes of at least 4 members (excludes halogenated alkanes) is 1. The molecule has 1 heterocycles. The van der Waals surface area contributed by atoms with Crippen LogP contribution in [0.15, 0.2) is 45.6 Å². The smallest absolute Gasteiger partial charge is 0.250 e. The Balaban J connectivity index is 1.82. The highest BCUT2D eigenvalue weighted by molar-refractivity contribution is 8.00. The maximum absolute atomic E-state index is 12.1. The zero-order valence-electron chi connectivity index (χ0n) is 18.4. The number of aromatic nitrogens is 2. The molecule has 0 fully saturated rings. The number of nitrogens with zero attached hydrogens (tertiary/aromatic N) is 4. The van der Waals surface area contributed by atoms with Crippen LogP contribution in [0.4, 0.5) is 5.69 Å². The van der Waals surface area contributed by atoms with Gasteiger partial charge >= 0.3 is 0 Å². The van der Waals surface area contributed by atoms with E-state index in [9.17, 15) is 4.79 Å². The molecule has 0 radical (unpaired) electrons. The molecule has 0 bridgehead atoms. The van der Waals surface area contributed by atoms with Crippen LogP contribution in [0.2, 0.25) is 0 Å². The van der Waals surface area contributed by atoms with Crippen molar-refractivity contribution in [1.82, 2.24) is 15.4 Å². The number of nitrogens with one attached hydrogen (secondary N) is 1. The first-order valence-electron chi connectivity index (χ1n) is 10.5. The number of halogens is 2. The lowest BCUT2D eigenvalue weighted by atomic mass is 10.2. The molecular formula is C22H29Cl2N5OS2. The second kappa shape index (κ2) is 15.4. The van der Waals surface area contributed by atoms with Crippen molar-refractivity contribution in [2.45, 2.75) is 36.9 Å². The molecule has 0 saturated carbocycles. The van der Waals surface area contributed by atoms with Crippen molar-refractivity contribution in [2.75, 3.05) is 41.3 Å². The topological polar surface area (TPSA) is 70.5 Å². The summed E-state index contributed by atoms with van der Waals surface area (Å²) in [5.41, 5.74) is 5.41. The van der Waals surface area contributed by atoms with Gasteiger partial charge in [0.05, 0.1) is 12.0 Å². The van der Waals surface area contributed by atoms with Gasteiger partial charge in [-0.15, -0.1) is 23.2 Å². The summed E-state index contributed by atoms with van der Waals surface area (Å²) in [6, 6.07) is 9.76. The van der Waals surface area contributed by atoms with Crippen LogP contribution >= 0.6 is 46.7 Å². The van der Waals surface area contributed by atoms with Crippen LogP contribution in [-0.2, 0) is 4.79 Å². The zero-order valence-corrected chi connectivity index (χ0v) is 21.5. The van der Waals surface area contributed by atoms with Gasteiger partial charge in [0.15, 0.2) is 5.16 Å². The Kier molecular flexibility index (Phi) is 12.9. The highest BCUT2D eigenvalue weighted by Gasteiger charge is 2.07. The number of amides is 1. The Bertz CT molecular complexity index is 862. The Labute approximate surface area is 208 Å². The summed E-state index contributed by atoms with van der Waals surface area (Å²) in [6.07, 6.45) is 3.90. The van der Waals surface area contributed by atoms with Gasteiger partial charge in [0, 0.05) is 42.0 Å². The van der Waals surface area contributed by atoms with E-state index in [-0.39, 0.29) is 11.7 Å². The third-order valence-electron chi connectivity index (χ3n) is 4.26. The number of anilines is 1. The van der Waals surface area contributed by atoms with Crippen LogP contribution in [0.25, 0.3) is 0 Å².